The molecule has 3 atom stereocenters. The highest BCUT2D eigenvalue weighted by Gasteiger charge is 2.26. The van der Waals surface area contributed by atoms with Gasteiger partial charge in [-0.05, 0) is 67.6 Å². The summed E-state index contributed by atoms with van der Waals surface area (Å²) in [7, 11) is 0. The van der Waals surface area contributed by atoms with E-state index in [2.05, 4.69) is 0 Å². The third-order valence-electron chi connectivity index (χ3n) is 6.07. The molecule has 2 amide bonds. The van der Waals surface area contributed by atoms with Crippen LogP contribution in [0.15, 0.2) is 36.4 Å². The molecule has 0 aliphatic rings. The van der Waals surface area contributed by atoms with Crippen LogP contribution in [0.1, 0.15) is 58.5 Å². The second-order valence-electron chi connectivity index (χ2n) is 9.64. The van der Waals surface area contributed by atoms with Gasteiger partial charge >= 0.3 is 0 Å². The minimum absolute atomic E-state index is 0.0613. The topological polar surface area (TPSA) is 127 Å². The summed E-state index contributed by atoms with van der Waals surface area (Å²) in [5.74, 6) is -2.31. The molecule has 0 radical (unpaired) electrons. The van der Waals surface area contributed by atoms with Crippen molar-refractivity contribution >= 4 is 11.8 Å². The Labute approximate surface area is 222 Å². The van der Waals surface area contributed by atoms with Gasteiger partial charge in [0.15, 0.2) is 0 Å². The van der Waals surface area contributed by atoms with Gasteiger partial charge in [0, 0.05) is 49.4 Å². The first-order valence-electron chi connectivity index (χ1n) is 12.9. The molecule has 0 heterocycles. The summed E-state index contributed by atoms with van der Waals surface area (Å²) >= 11 is 0. The number of nitrogens with two attached hydrogens (primary N) is 1. The van der Waals surface area contributed by atoms with Crippen LogP contribution < -0.4 is 5.73 Å². The molecule has 0 aliphatic carbocycles. The van der Waals surface area contributed by atoms with Crippen molar-refractivity contribution in [1.82, 2.24) is 9.80 Å². The summed E-state index contributed by atoms with van der Waals surface area (Å²) in [6.45, 7) is 5.64. The van der Waals surface area contributed by atoms with E-state index >= 15 is 0 Å². The van der Waals surface area contributed by atoms with E-state index in [9.17, 15) is 33.7 Å². The summed E-state index contributed by atoms with van der Waals surface area (Å²) in [4.78, 5) is 29.5. The molecular formula is C28H39F2N3O5. The van der Waals surface area contributed by atoms with Crippen LogP contribution in [0.5, 0.6) is 0 Å². The lowest BCUT2D eigenvalue weighted by molar-refractivity contribution is 0.0281. The first kappa shape index (κ1) is 31.3. The van der Waals surface area contributed by atoms with Crippen molar-refractivity contribution in [3.63, 3.8) is 0 Å². The average molecular weight is 536 g/mol. The fourth-order valence-electron chi connectivity index (χ4n) is 4.30. The molecule has 38 heavy (non-hydrogen) atoms. The molecule has 2 rings (SSSR count). The minimum Gasteiger partial charge on any atom is -0.394 e. The molecule has 0 spiro atoms. The molecule has 10 heteroatoms. The van der Waals surface area contributed by atoms with Gasteiger partial charge in [0.05, 0.1) is 18.8 Å². The van der Waals surface area contributed by atoms with Crippen LogP contribution in [0.3, 0.4) is 0 Å². The van der Waals surface area contributed by atoms with Gasteiger partial charge in [-0.2, -0.15) is 0 Å². The van der Waals surface area contributed by atoms with Crippen LogP contribution in [0.2, 0.25) is 0 Å². The maximum atomic E-state index is 13.5. The summed E-state index contributed by atoms with van der Waals surface area (Å²) < 4.78 is 27.1. The van der Waals surface area contributed by atoms with Crippen LogP contribution in [-0.4, -0.2) is 88.0 Å². The number of aliphatic hydroxyl groups excluding tert-OH is 3. The van der Waals surface area contributed by atoms with Crippen LogP contribution in [-0.2, 0) is 6.42 Å². The van der Waals surface area contributed by atoms with Gasteiger partial charge < -0.3 is 30.9 Å². The summed E-state index contributed by atoms with van der Waals surface area (Å²) in [6.07, 6.45) is -1.08. The fourth-order valence-corrected chi connectivity index (χ4v) is 4.30. The lowest BCUT2D eigenvalue weighted by Gasteiger charge is -2.30. The maximum Gasteiger partial charge on any atom is 0.254 e. The molecule has 2 aromatic rings. The van der Waals surface area contributed by atoms with E-state index < -0.39 is 42.4 Å². The molecule has 1 unspecified atom stereocenters. The molecule has 0 fully saturated rings. The fraction of sp³-hybridized carbons (Fsp3) is 0.500. The Morgan fingerprint density at radius 1 is 0.868 bits per heavy atom. The molecule has 8 nitrogen and oxygen atoms in total. The lowest BCUT2D eigenvalue weighted by atomic mass is 10.0. The van der Waals surface area contributed by atoms with Crippen molar-refractivity contribution in [2.75, 3.05) is 32.8 Å². The number of nitrogens with zero attached hydrogens (tertiary/aromatic N) is 2. The maximum absolute atomic E-state index is 13.5. The van der Waals surface area contributed by atoms with Crippen LogP contribution in [0.4, 0.5) is 8.78 Å². The highest BCUT2D eigenvalue weighted by molar-refractivity contribution is 6.00. The number of benzene rings is 2. The zero-order valence-electron chi connectivity index (χ0n) is 22.2. The third kappa shape index (κ3) is 9.13. The zero-order valence-corrected chi connectivity index (χ0v) is 22.2. The molecule has 0 aliphatic heterocycles. The van der Waals surface area contributed by atoms with Gasteiger partial charge in [0.2, 0.25) is 0 Å². The molecular weight excluding hydrogens is 496 g/mol. The Morgan fingerprint density at radius 3 is 1.89 bits per heavy atom. The number of carbonyl (C=O) groups is 2. The molecule has 0 saturated carbocycles. The second-order valence-corrected chi connectivity index (χ2v) is 9.64. The molecule has 0 bridgehead atoms. The predicted octanol–water partition coefficient (Wildman–Crippen LogP) is 2.26. The molecule has 5 N–H and O–H groups in total. The Balaban J connectivity index is 2.29. The van der Waals surface area contributed by atoms with Gasteiger partial charge in [-0.1, -0.05) is 13.8 Å². The number of rotatable bonds is 14. The quantitative estimate of drug-likeness (QED) is 0.294. The van der Waals surface area contributed by atoms with E-state index in [-0.39, 0.29) is 36.5 Å². The van der Waals surface area contributed by atoms with E-state index in [0.717, 1.165) is 35.9 Å². The first-order chi connectivity index (χ1) is 18.0. The average Bonchev–Trinajstić information content (AvgIpc) is 2.86. The zero-order chi connectivity index (χ0) is 28.4. The molecule has 0 aromatic heterocycles. The standard InChI is InChI=1S/C28H39F2N3O5/c1-4-6-32(7-5-2)27(37)20-8-18(3)9-21(13-20)28(38)33(15-24(35)17-34)16-26(36)25(31)12-19-10-22(29)14-23(30)11-19/h8-11,13-14,24-26,34-36H,4-7,12,15-17,31H2,1-3H3/t24?,25-,26+/m0/s1. The summed E-state index contributed by atoms with van der Waals surface area (Å²) in [6, 6.07) is 6.75. The summed E-state index contributed by atoms with van der Waals surface area (Å²) in [5, 5.41) is 30.2. The normalized spacial score (nSPS) is 13.6. The van der Waals surface area contributed by atoms with Crippen molar-refractivity contribution in [3.8, 4) is 0 Å². The third-order valence-corrected chi connectivity index (χ3v) is 6.07. The first-order valence-corrected chi connectivity index (χ1v) is 12.9. The number of hydrogen-bond donors (Lipinski definition) is 4. The van der Waals surface area contributed by atoms with E-state index in [1.165, 1.54) is 6.07 Å². The Hall–Kier alpha value is -2.92. The molecule has 210 valence electrons. The minimum atomic E-state index is -1.31. The molecule has 0 saturated heterocycles. The number of aryl methyl sites for hydroxylation is 1. The van der Waals surface area contributed by atoms with Gasteiger partial charge in [0.1, 0.15) is 11.6 Å². The predicted molar refractivity (Wildman–Crippen MR) is 141 cm³/mol. The number of carbonyl (C=O) groups excluding carboxylic acids is 2. The number of halogens is 2. The van der Waals surface area contributed by atoms with Crippen LogP contribution in [0, 0.1) is 18.6 Å². The van der Waals surface area contributed by atoms with Crippen molar-refractivity contribution < 1.29 is 33.7 Å². The van der Waals surface area contributed by atoms with Crippen molar-refractivity contribution in [3.05, 3.63) is 70.3 Å². The highest BCUT2D eigenvalue weighted by Crippen LogP contribution is 2.17. The smallest absolute Gasteiger partial charge is 0.254 e. The SMILES string of the molecule is CCCN(CCC)C(=O)c1cc(C)cc(C(=O)N(CC(O)CO)C[C@@H](O)[C@@H](N)Cc2cc(F)cc(F)c2)c1. The van der Waals surface area contributed by atoms with E-state index in [1.54, 1.807) is 24.0 Å². The van der Waals surface area contributed by atoms with Crippen LogP contribution >= 0.6 is 0 Å². The van der Waals surface area contributed by atoms with E-state index in [1.807, 2.05) is 13.8 Å². The van der Waals surface area contributed by atoms with E-state index in [0.29, 0.717) is 24.2 Å². The van der Waals surface area contributed by atoms with Gasteiger partial charge in [-0.25, -0.2) is 8.78 Å². The summed E-state index contributed by atoms with van der Waals surface area (Å²) in [5.41, 5.74) is 7.54. The van der Waals surface area contributed by atoms with Gasteiger partial charge in [-0.15, -0.1) is 0 Å². The number of aliphatic hydroxyl groups is 3. The highest BCUT2D eigenvalue weighted by atomic mass is 19.1. The Morgan fingerprint density at radius 2 is 1.39 bits per heavy atom. The second kappa shape index (κ2) is 14.9. The van der Waals surface area contributed by atoms with Crippen molar-refractivity contribution in [2.24, 2.45) is 5.73 Å². The van der Waals surface area contributed by atoms with Crippen molar-refractivity contribution in [2.45, 2.75) is 58.3 Å². The van der Waals surface area contributed by atoms with Crippen molar-refractivity contribution in [1.29, 1.82) is 0 Å². The number of hydrogen-bond acceptors (Lipinski definition) is 6. The Kier molecular flexibility index (Phi) is 12.2. The van der Waals surface area contributed by atoms with Gasteiger partial charge in [-0.3, -0.25) is 9.59 Å². The number of amides is 2. The van der Waals surface area contributed by atoms with Gasteiger partial charge in [0.25, 0.3) is 11.8 Å². The Bertz CT molecular complexity index is 1060. The van der Waals surface area contributed by atoms with E-state index in [4.69, 9.17) is 5.73 Å². The largest absolute Gasteiger partial charge is 0.394 e. The molecule has 2 aromatic carbocycles. The monoisotopic (exact) mass is 535 g/mol. The van der Waals surface area contributed by atoms with Crippen LogP contribution in [0.25, 0.3) is 0 Å². The lowest BCUT2D eigenvalue weighted by Crippen LogP contribution is -2.49.